The molecule has 84 valence electrons. The smallest absolute Gasteiger partial charge is 0.138 e. The third-order valence-electron chi connectivity index (χ3n) is 1.89. The van der Waals surface area contributed by atoms with E-state index in [2.05, 4.69) is 15.9 Å². The molecule has 0 N–H and O–H groups in total. The van der Waals surface area contributed by atoms with Crippen LogP contribution in [0.25, 0.3) is 0 Å². The lowest BCUT2D eigenvalue weighted by Gasteiger charge is -2.06. The van der Waals surface area contributed by atoms with Gasteiger partial charge in [0, 0.05) is 19.8 Å². The van der Waals surface area contributed by atoms with Crippen LogP contribution in [0.2, 0.25) is 10.0 Å². The van der Waals surface area contributed by atoms with Gasteiger partial charge in [-0.15, -0.1) is 11.3 Å². The zero-order chi connectivity index (χ0) is 11.5. The van der Waals surface area contributed by atoms with Gasteiger partial charge in [-0.25, -0.2) is 0 Å². The summed E-state index contributed by atoms with van der Waals surface area (Å²) in [5, 5.41) is 3.15. The van der Waals surface area contributed by atoms with Gasteiger partial charge in [0.15, 0.2) is 0 Å². The Hall–Kier alpha value is -0.220. The highest BCUT2D eigenvalue weighted by Crippen LogP contribution is 2.29. The van der Waals surface area contributed by atoms with Crippen molar-refractivity contribution in [3.8, 4) is 5.75 Å². The summed E-state index contributed by atoms with van der Waals surface area (Å²) in [5.41, 5.74) is 0. The second-order valence-corrected chi connectivity index (χ2v) is 5.85. The van der Waals surface area contributed by atoms with Crippen LogP contribution >= 0.6 is 50.5 Å². The Kier molecular flexibility index (Phi) is 4.14. The lowest BCUT2D eigenvalue weighted by molar-refractivity contribution is 0.310. The molecule has 1 aromatic carbocycles. The highest BCUT2D eigenvalue weighted by molar-refractivity contribution is 9.10. The fourth-order valence-corrected chi connectivity index (χ4v) is 3.00. The Morgan fingerprint density at radius 2 is 2.06 bits per heavy atom. The van der Waals surface area contributed by atoms with Crippen LogP contribution in [-0.4, -0.2) is 0 Å². The molecule has 0 aliphatic heterocycles. The molecule has 0 saturated carbocycles. The van der Waals surface area contributed by atoms with Crippen molar-refractivity contribution in [3.05, 3.63) is 49.0 Å². The van der Waals surface area contributed by atoms with Crippen LogP contribution in [0.15, 0.2) is 34.1 Å². The van der Waals surface area contributed by atoms with E-state index < -0.39 is 0 Å². The van der Waals surface area contributed by atoms with Crippen LogP contribution < -0.4 is 4.74 Å². The summed E-state index contributed by atoms with van der Waals surface area (Å²) in [6.07, 6.45) is 0. The van der Waals surface area contributed by atoms with E-state index in [9.17, 15) is 0 Å². The maximum Gasteiger partial charge on any atom is 0.138 e. The summed E-state index contributed by atoms with van der Waals surface area (Å²) >= 11 is 16.8. The molecule has 0 bridgehead atoms. The molecule has 1 nitrogen and oxygen atoms in total. The van der Waals surface area contributed by atoms with Gasteiger partial charge in [0.2, 0.25) is 0 Å². The molecule has 1 aromatic heterocycles. The first-order chi connectivity index (χ1) is 7.65. The van der Waals surface area contributed by atoms with Gasteiger partial charge in [0.05, 0.1) is 5.02 Å². The zero-order valence-corrected chi connectivity index (χ0v) is 12.0. The largest absolute Gasteiger partial charge is 0.487 e. The van der Waals surface area contributed by atoms with Crippen LogP contribution in [0.5, 0.6) is 5.75 Å². The minimum Gasteiger partial charge on any atom is -0.487 e. The average molecular weight is 338 g/mol. The number of benzene rings is 1. The highest BCUT2D eigenvalue weighted by atomic mass is 79.9. The molecule has 0 spiro atoms. The monoisotopic (exact) mass is 336 g/mol. The van der Waals surface area contributed by atoms with Gasteiger partial charge in [-0.1, -0.05) is 23.2 Å². The second-order valence-electron chi connectivity index (χ2n) is 3.09. The Morgan fingerprint density at radius 3 is 2.69 bits per heavy atom. The standard InChI is InChI=1S/C11H7BrCl2OS/c12-7-3-9(16-6-7)5-15-11-2-1-8(13)4-10(11)14/h1-4,6H,5H2. The van der Waals surface area contributed by atoms with E-state index >= 15 is 0 Å². The summed E-state index contributed by atoms with van der Waals surface area (Å²) < 4.78 is 6.66. The average Bonchev–Trinajstić information content (AvgIpc) is 2.63. The van der Waals surface area contributed by atoms with Gasteiger partial charge in [-0.2, -0.15) is 0 Å². The van der Waals surface area contributed by atoms with Crippen LogP contribution in [0.4, 0.5) is 0 Å². The van der Waals surface area contributed by atoms with E-state index in [1.54, 1.807) is 29.5 Å². The van der Waals surface area contributed by atoms with Crippen molar-refractivity contribution in [1.82, 2.24) is 0 Å². The van der Waals surface area contributed by atoms with Crippen LogP contribution in [0.3, 0.4) is 0 Å². The zero-order valence-electron chi connectivity index (χ0n) is 8.04. The van der Waals surface area contributed by atoms with E-state index in [4.69, 9.17) is 27.9 Å². The molecule has 0 saturated heterocycles. The molecule has 5 heteroatoms. The molecule has 0 atom stereocenters. The first-order valence-corrected chi connectivity index (χ1v) is 6.89. The molecule has 2 rings (SSSR count). The van der Waals surface area contributed by atoms with Crippen molar-refractivity contribution >= 4 is 50.5 Å². The molecular formula is C11H7BrCl2OS. The fraction of sp³-hybridized carbons (Fsp3) is 0.0909. The van der Waals surface area contributed by atoms with E-state index in [1.165, 1.54) is 0 Å². The predicted molar refractivity (Wildman–Crippen MR) is 72.8 cm³/mol. The lowest BCUT2D eigenvalue weighted by Crippen LogP contribution is -1.93. The van der Waals surface area contributed by atoms with Gasteiger partial charge in [0.25, 0.3) is 0 Å². The van der Waals surface area contributed by atoms with E-state index in [0.717, 1.165) is 9.35 Å². The minimum absolute atomic E-state index is 0.512. The Labute approximate surface area is 116 Å². The van der Waals surface area contributed by atoms with Crippen LogP contribution in [0, 0.1) is 0 Å². The molecule has 0 aliphatic rings. The van der Waals surface area contributed by atoms with Crippen LogP contribution in [0.1, 0.15) is 4.88 Å². The Balaban J connectivity index is 2.04. The van der Waals surface area contributed by atoms with Gasteiger partial charge >= 0.3 is 0 Å². The van der Waals surface area contributed by atoms with Crippen molar-refractivity contribution in [1.29, 1.82) is 0 Å². The van der Waals surface area contributed by atoms with Gasteiger partial charge < -0.3 is 4.74 Å². The normalized spacial score (nSPS) is 10.4. The minimum atomic E-state index is 0.512. The lowest BCUT2D eigenvalue weighted by atomic mass is 10.3. The molecule has 0 amide bonds. The van der Waals surface area contributed by atoms with Gasteiger partial charge in [0.1, 0.15) is 12.4 Å². The van der Waals surface area contributed by atoms with Crippen molar-refractivity contribution in [3.63, 3.8) is 0 Å². The molecule has 0 radical (unpaired) electrons. The number of thiophene rings is 1. The first-order valence-electron chi connectivity index (χ1n) is 4.46. The number of hydrogen-bond acceptors (Lipinski definition) is 2. The number of hydrogen-bond donors (Lipinski definition) is 0. The fourth-order valence-electron chi connectivity index (χ4n) is 1.17. The molecule has 16 heavy (non-hydrogen) atoms. The second kappa shape index (κ2) is 5.41. The van der Waals surface area contributed by atoms with E-state index in [0.29, 0.717) is 22.4 Å². The number of rotatable bonds is 3. The van der Waals surface area contributed by atoms with Gasteiger partial charge in [-0.05, 0) is 40.2 Å². The van der Waals surface area contributed by atoms with Crippen molar-refractivity contribution in [2.24, 2.45) is 0 Å². The summed E-state index contributed by atoms with van der Waals surface area (Å²) in [6.45, 7) is 0.512. The maximum atomic E-state index is 5.99. The molecule has 0 unspecified atom stereocenters. The third kappa shape index (κ3) is 3.14. The Bertz CT molecular complexity index is 498. The Morgan fingerprint density at radius 1 is 1.25 bits per heavy atom. The quantitative estimate of drug-likeness (QED) is 0.728. The van der Waals surface area contributed by atoms with Crippen molar-refractivity contribution in [2.75, 3.05) is 0 Å². The summed E-state index contributed by atoms with van der Waals surface area (Å²) in [4.78, 5) is 1.14. The maximum absolute atomic E-state index is 5.99. The van der Waals surface area contributed by atoms with E-state index in [-0.39, 0.29) is 0 Å². The molecule has 2 aromatic rings. The predicted octanol–water partition coefficient (Wildman–Crippen LogP) is 5.40. The topological polar surface area (TPSA) is 9.23 Å². The molecule has 0 fully saturated rings. The van der Waals surface area contributed by atoms with E-state index in [1.807, 2.05) is 11.4 Å². The first kappa shape index (κ1) is 12.2. The summed E-state index contributed by atoms with van der Waals surface area (Å²) in [5.74, 6) is 0.649. The number of ether oxygens (including phenoxy) is 1. The van der Waals surface area contributed by atoms with Crippen molar-refractivity contribution < 1.29 is 4.74 Å². The summed E-state index contributed by atoms with van der Waals surface area (Å²) in [6, 6.07) is 7.22. The third-order valence-corrected chi connectivity index (χ3v) is 4.09. The number of halogens is 3. The molecule has 0 aliphatic carbocycles. The summed E-state index contributed by atoms with van der Waals surface area (Å²) in [7, 11) is 0. The highest BCUT2D eigenvalue weighted by Gasteiger charge is 2.04. The molecule has 1 heterocycles. The molecular weight excluding hydrogens is 331 g/mol. The van der Waals surface area contributed by atoms with Crippen molar-refractivity contribution in [2.45, 2.75) is 6.61 Å². The van der Waals surface area contributed by atoms with Crippen LogP contribution in [-0.2, 0) is 6.61 Å². The van der Waals surface area contributed by atoms with Gasteiger partial charge in [-0.3, -0.25) is 0 Å². The SMILES string of the molecule is Clc1ccc(OCc2cc(Br)cs2)c(Cl)c1.